The molecule has 9 aromatic rings. The second-order valence-corrected chi connectivity index (χ2v) is 15.1. The summed E-state index contributed by atoms with van der Waals surface area (Å²) in [4.78, 5) is 2.52. The van der Waals surface area contributed by atoms with Crippen molar-refractivity contribution in [3.8, 4) is 33.4 Å². The summed E-state index contributed by atoms with van der Waals surface area (Å²) < 4.78 is 2.62. The highest BCUT2D eigenvalue weighted by molar-refractivity contribution is 7.25. The molecule has 0 bridgehead atoms. The second-order valence-electron chi connectivity index (χ2n) is 14.0. The average molecular weight is 670 g/mol. The number of fused-ring (bicyclic) bond motifs is 7. The van der Waals surface area contributed by atoms with Crippen molar-refractivity contribution in [2.45, 2.75) is 19.3 Å². The van der Waals surface area contributed by atoms with E-state index in [-0.39, 0.29) is 5.41 Å². The summed E-state index contributed by atoms with van der Waals surface area (Å²) in [6.45, 7) is 4.72. The Hall–Kier alpha value is -5.96. The molecule has 0 spiro atoms. The zero-order chi connectivity index (χ0) is 34.1. The first-order valence-corrected chi connectivity index (χ1v) is 18.5. The monoisotopic (exact) mass is 669 g/mol. The van der Waals surface area contributed by atoms with Gasteiger partial charge in [-0.3, -0.25) is 0 Å². The smallest absolute Gasteiger partial charge is 0.0540 e. The zero-order valence-electron chi connectivity index (χ0n) is 28.6. The quantitative estimate of drug-likeness (QED) is 0.176. The summed E-state index contributed by atoms with van der Waals surface area (Å²) in [5.41, 5.74) is 13.7. The van der Waals surface area contributed by atoms with Crippen LogP contribution >= 0.6 is 11.3 Å². The van der Waals surface area contributed by atoms with Gasteiger partial charge in [-0.25, -0.2) is 0 Å². The molecule has 1 aromatic heterocycles. The zero-order valence-corrected chi connectivity index (χ0v) is 29.4. The highest BCUT2D eigenvalue weighted by atomic mass is 32.1. The van der Waals surface area contributed by atoms with Gasteiger partial charge < -0.3 is 4.90 Å². The van der Waals surface area contributed by atoms with Crippen LogP contribution in [0.1, 0.15) is 25.0 Å². The molecule has 0 aliphatic heterocycles. The van der Waals surface area contributed by atoms with E-state index in [1.165, 1.54) is 75.5 Å². The first kappa shape index (κ1) is 29.9. The van der Waals surface area contributed by atoms with Crippen molar-refractivity contribution < 1.29 is 0 Å². The van der Waals surface area contributed by atoms with Crippen LogP contribution in [0.25, 0.3) is 64.3 Å². The molecule has 1 aliphatic rings. The van der Waals surface area contributed by atoms with Crippen molar-refractivity contribution in [1.29, 1.82) is 0 Å². The molecule has 51 heavy (non-hydrogen) atoms. The molecule has 0 saturated carbocycles. The summed E-state index contributed by atoms with van der Waals surface area (Å²) in [6.07, 6.45) is 0. The maximum Gasteiger partial charge on any atom is 0.0540 e. The van der Waals surface area contributed by atoms with Gasteiger partial charge in [0.2, 0.25) is 0 Å². The number of nitrogens with zero attached hydrogens (tertiary/aromatic N) is 1. The van der Waals surface area contributed by atoms with E-state index < -0.39 is 0 Å². The second kappa shape index (κ2) is 11.6. The van der Waals surface area contributed by atoms with Crippen molar-refractivity contribution in [3.05, 3.63) is 187 Å². The largest absolute Gasteiger partial charge is 0.309 e. The molecule has 8 aromatic carbocycles. The molecule has 0 fully saturated rings. The molecule has 0 N–H and O–H groups in total. The van der Waals surface area contributed by atoms with Crippen molar-refractivity contribution >= 4 is 59.3 Å². The summed E-state index contributed by atoms with van der Waals surface area (Å²) in [5, 5.41) is 5.06. The van der Waals surface area contributed by atoms with E-state index in [1.54, 1.807) is 0 Å². The van der Waals surface area contributed by atoms with Crippen LogP contribution in [-0.2, 0) is 5.41 Å². The summed E-state index contributed by atoms with van der Waals surface area (Å²) in [7, 11) is 0. The van der Waals surface area contributed by atoms with E-state index in [4.69, 9.17) is 0 Å². The molecule has 0 radical (unpaired) electrons. The lowest BCUT2D eigenvalue weighted by molar-refractivity contribution is 0.660. The fourth-order valence-corrected chi connectivity index (χ4v) is 9.70. The minimum atomic E-state index is -0.0825. The minimum Gasteiger partial charge on any atom is -0.309 e. The van der Waals surface area contributed by atoms with Crippen molar-refractivity contribution in [3.63, 3.8) is 0 Å². The Bertz CT molecular complexity index is 2800. The van der Waals surface area contributed by atoms with Gasteiger partial charge in [0.1, 0.15) is 0 Å². The van der Waals surface area contributed by atoms with Gasteiger partial charge in [-0.1, -0.05) is 159 Å². The lowest BCUT2D eigenvalue weighted by Gasteiger charge is -2.31. The summed E-state index contributed by atoms with van der Waals surface area (Å²) in [6, 6.07) is 64.9. The third-order valence-corrected chi connectivity index (χ3v) is 12.0. The predicted octanol–water partition coefficient (Wildman–Crippen LogP) is 14.3. The Morgan fingerprint density at radius 3 is 1.73 bits per heavy atom. The number of benzene rings is 8. The number of anilines is 3. The van der Waals surface area contributed by atoms with Crippen LogP contribution in [0.2, 0.25) is 0 Å². The number of hydrogen-bond donors (Lipinski definition) is 0. The maximum absolute atomic E-state index is 2.52. The number of hydrogen-bond acceptors (Lipinski definition) is 2. The molecule has 1 nitrogen and oxygen atoms in total. The van der Waals surface area contributed by atoms with Gasteiger partial charge in [0, 0.05) is 42.1 Å². The van der Waals surface area contributed by atoms with Gasteiger partial charge in [0.25, 0.3) is 0 Å². The first-order chi connectivity index (χ1) is 25.1. The third kappa shape index (κ3) is 4.53. The van der Waals surface area contributed by atoms with Crippen molar-refractivity contribution in [1.82, 2.24) is 0 Å². The van der Waals surface area contributed by atoms with E-state index >= 15 is 0 Å². The van der Waals surface area contributed by atoms with Crippen molar-refractivity contribution in [2.24, 2.45) is 0 Å². The van der Waals surface area contributed by atoms with E-state index in [9.17, 15) is 0 Å². The Morgan fingerprint density at radius 1 is 0.392 bits per heavy atom. The fourth-order valence-electron chi connectivity index (χ4n) is 8.56. The Morgan fingerprint density at radius 2 is 0.902 bits per heavy atom. The van der Waals surface area contributed by atoms with Crippen LogP contribution < -0.4 is 4.90 Å². The van der Waals surface area contributed by atoms with E-state index in [0.717, 1.165) is 17.1 Å². The topological polar surface area (TPSA) is 3.24 Å². The van der Waals surface area contributed by atoms with Crippen LogP contribution in [0.5, 0.6) is 0 Å². The third-order valence-electron chi connectivity index (χ3n) is 10.9. The van der Waals surface area contributed by atoms with E-state index in [0.29, 0.717) is 0 Å². The molecule has 10 rings (SSSR count). The number of rotatable bonds is 5. The lowest BCUT2D eigenvalue weighted by atomic mass is 9.82. The molecule has 0 saturated heterocycles. The van der Waals surface area contributed by atoms with Crippen molar-refractivity contribution in [2.75, 3.05) is 4.90 Å². The summed E-state index contributed by atoms with van der Waals surface area (Å²) >= 11 is 1.87. The summed E-state index contributed by atoms with van der Waals surface area (Å²) in [5.74, 6) is 0. The van der Waals surface area contributed by atoms with Crippen LogP contribution in [0, 0.1) is 0 Å². The minimum absolute atomic E-state index is 0.0825. The number of para-hydroxylation sites is 2. The molecule has 1 aliphatic carbocycles. The Balaban J connectivity index is 1.29. The lowest BCUT2D eigenvalue weighted by Crippen LogP contribution is -2.15. The molecule has 1 heterocycles. The molecule has 0 unspecified atom stereocenters. The van der Waals surface area contributed by atoms with Crippen LogP contribution in [-0.4, -0.2) is 0 Å². The normalized spacial score (nSPS) is 13.1. The van der Waals surface area contributed by atoms with Gasteiger partial charge in [-0.15, -0.1) is 11.3 Å². The van der Waals surface area contributed by atoms with Gasteiger partial charge in [0.05, 0.1) is 17.1 Å². The Labute approximate surface area is 302 Å². The molecule has 0 amide bonds. The number of thiophene rings is 1. The highest BCUT2D eigenvalue weighted by Crippen LogP contribution is 2.55. The first-order valence-electron chi connectivity index (χ1n) is 17.7. The SMILES string of the molecule is CC1(C)c2ccccc2-c2c(-c3ccccc3N(c3ccccc3-c3cccc4sc5ccccc5c34)c3cccc4ccccc34)cccc21. The molecular formula is C49H35NS. The van der Waals surface area contributed by atoms with Gasteiger partial charge >= 0.3 is 0 Å². The maximum atomic E-state index is 2.52. The molecule has 2 heteroatoms. The molecule has 0 atom stereocenters. The highest BCUT2D eigenvalue weighted by Gasteiger charge is 2.37. The van der Waals surface area contributed by atoms with Gasteiger partial charge in [0.15, 0.2) is 0 Å². The Kier molecular flexibility index (Phi) is 6.78. The van der Waals surface area contributed by atoms with Gasteiger partial charge in [-0.05, 0) is 69.1 Å². The molecular weight excluding hydrogens is 635 g/mol. The van der Waals surface area contributed by atoms with Crippen LogP contribution in [0.4, 0.5) is 17.1 Å². The standard InChI is InChI=1S/C49H35NS/c1-49(2)40-25-9-5-21-38(40)47-36(23-14-26-41(47)49)34-19-6-10-27-43(34)50(42-29-13-17-32-16-3-4-18-33(32)42)44-28-11-7-20-35(44)37-24-15-31-46-48(37)39-22-8-12-30-45(39)51-46/h3-31H,1-2H3. The van der Waals surface area contributed by atoms with E-state index in [2.05, 4.69) is 195 Å². The fraction of sp³-hybridized carbons (Fsp3) is 0.0612. The van der Waals surface area contributed by atoms with Gasteiger partial charge in [-0.2, -0.15) is 0 Å². The van der Waals surface area contributed by atoms with E-state index in [1.807, 2.05) is 11.3 Å². The molecule has 242 valence electrons. The average Bonchev–Trinajstić information content (AvgIpc) is 3.68. The van der Waals surface area contributed by atoms with Crippen LogP contribution in [0.15, 0.2) is 176 Å². The predicted molar refractivity (Wildman–Crippen MR) is 220 cm³/mol. The van der Waals surface area contributed by atoms with Crippen LogP contribution in [0.3, 0.4) is 0 Å².